The zero-order valence-electron chi connectivity index (χ0n) is 13.0. The van der Waals surface area contributed by atoms with E-state index in [1.807, 2.05) is 32.0 Å². The highest BCUT2D eigenvalue weighted by Gasteiger charge is 2.40. The number of nitrogens with zero attached hydrogens (tertiary/aromatic N) is 1. The van der Waals surface area contributed by atoms with Crippen LogP contribution in [0.1, 0.15) is 17.5 Å². The van der Waals surface area contributed by atoms with E-state index in [9.17, 15) is 9.59 Å². The number of carbonyl (C=O) groups excluding carboxylic acids is 2. The quantitative estimate of drug-likeness (QED) is 0.874. The van der Waals surface area contributed by atoms with Crippen LogP contribution in [0.3, 0.4) is 0 Å². The number of benzene rings is 2. The lowest BCUT2D eigenvalue weighted by Gasteiger charge is -2.18. The summed E-state index contributed by atoms with van der Waals surface area (Å²) >= 11 is 6.12. The van der Waals surface area contributed by atoms with Gasteiger partial charge in [0.15, 0.2) is 0 Å². The molecule has 0 aromatic heterocycles. The van der Waals surface area contributed by atoms with Gasteiger partial charge in [-0.05, 0) is 37.6 Å². The molecule has 0 aliphatic carbocycles. The molecule has 1 aliphatic rings. The Kier molecular flexibility index (Phi) is 4.09. The molecule has 1 atom stereocenters. The number of para-hydroxylation sites is 1. The number of hydrogen-bond acceptors (Lipinski definition) is 3. The van der Waals surface area contributed by atoms with Gasteiger partial charge < -0.3 is 5.32 Å². The Balaban J connectivity index is 1.85. The summed E-state index contributed by atoms with van der Waals surface area (Å²) in [5.74, 6) is -0.520. The number of halogens is 1. The molecule has 1 N–H and O–H groups in total. The van der Waals surface area contributed by atoms with Gasteiger partial charge in [-0.3, -0.25) is 9.59 Å². The van der Waals surface area contributed by atoms with E-state index in [-0.39, 0.29) is 18.2 Å². The molecule has 2 aromatic rings. The molecule has 0 saturated carbocycles. The SMILES string of the molecule is Cc1ccc(N[C@H]2CC(=O)N(c3ccccc3Cl)C2=O)c(C)c1. The van der Waals surface area contributed by atoms with Crippen molar-refractivity contribution in [2.45, 2.75) is 26.3 Å². The van der Waals surface area contributed by atoms with Crippen molar-refractivity contribution in [3.63, 3.8) is 0 Å². The van der Waals surface area contributed by atoms with Crippen LogP contribution >= 0.6 is 11.6 Å². The molecule has 0 bridgehead atoms. The number of rotatable bonds is 3. The minimum atomic E-state index is -0.569. The molecular weight excluding hydrogens is 312 g/mol. The monoisotopic (exact) mass is 328 g/mol. The number of nitrogens with one attached hydrogen (secondary N) is 1. The molecule has 1 fully saturated rings. The van der Waals surface area contributed by atoms with Gasteiger partial charge in [0.1, 0.15) is 6.04 Å². The van der Waals surface area contributed by atoms with E-state index < -0.39 is 6.04 Å². The Morgan fingerprint density at radius 3 is 2.57 bits per heavy atom. The van der Waals surface area contributed by atoms with E-state index in [4.69, 9.17) is 11.6 Å². The highest BCUT2D eigenvalue weighted by atomic mass is 35.5. The van der Waals surface area contributed by atoms with Gasteiger partial charge >= 0.3 is 0 Å². The van der Waals surface area contributed by atoms with Crippen LogP contribution in [0.4, 0.5) is 11.4 Å². The summed E-state index contributed by atoms with van der Waals surface area (Å²) in [6, 6.07) is 12.2. The number of aryl methyl sites for hydroxylation is 2. The van der Waals surface area contributed by atoms with Gasteiger partial charge in [0.25, 0.3) is 5.91 Å². The third kappa shape index (κ3) is 2.94. The minimum absolute atomic E-state index is 0.122. The average Bonchev–Trinajstić information content (AvgIpc) is 2.77. The molecule has 0 spiro atoms. The first-order chi connectivity index (χ1) is 11.0. The van der Waals surface area contributed by atoms with Crippen LogP contribution in [-0.4, -0.2) is 17.9 Å². The highest BCUT2D eigenvalue weighted by Crippen LogP contribution is 2.31. The maximum atomic E-state index is 12.6. The molecule has 1 saturated heterocycles. The van der Waals surface area contributed by atoms with Gasteiger partial charge in [-0.15, -0.1) is 0 Å². The zero-order chi connectivity index (χ0) is 16.6. The largest absolute Gasteiger partial charge is 0.373 e. The second kappa shape index (κ2) is 6.05. The Bertz CT molecular complexity index is 788. The van der Waals surface area contributed by atoms with Crippen molar-refractivity contribution in [3.05, 3.63) is 58.6 Å². The van der Waals surface area contributed by atoms with Crippen molar-refractivity contribution in [3.8, 4) is 0 Å². The van der Waals surface area contributed by atoms with Crippen LogP contribution in [0, 0.1) is 13.8 Å². The molecule has 4 nitrogen and oxygen atoms in total. The van der Waals surface area contributed by atoms with Crippen LogP contribution in [0.2, 0.25) is 5.02 Å². The number of imide groups is 1. The van der Waals surface area contributed by atoms with E-state index in [0.717, 1.165) is 16.8 Å². The number of carbonyl (C=O) groups is 2. The van der Waals surface area contributed by atoms with Gasteiger partial charge in [-0.2, -0.15) is 0 Å². The first-order valence-electron chi connectivity index (χ1n) is 7.42. The molecule has 5 heteroatoms. The minimum Gasteiger partial charge on any atom is -0.373 e. The van der Waals surface area contributed by atoms with Gasteiger partial charge in [-0.25, -0.2) is 4.90 Å². The maximum absolute atomic E-state index is 12.6. The number of anilines is 2. The van der Waals surface area contributed by atoms with Crippen molar-refractivity contribution < 1.29 is 9.59 Å². The van der Waals surface area contributed by atoms with Crippen LogP contribution in [0.15, 0.2) is 42.5 Å². The predicted octanol–water partition coefficient (Wildman–Crippen LogP) is 3.70. The first kappa shape index (κ1) is 15.6. The highest BCUT2D eigenvalue weighted by molar-refractivity contribution is 6.36. The molecule has 3 rings (SSSR count). The Morgan fingerprint density at radius 1 is 1.13 bits per heavy atom. The lowest BCUT2D eigenvalue weighted by atomic mass is 10.1. The summed E-state index contributed by atoms with van der Waals surface area (Å²) in [7, 11) is 0. The van der Waals surface area contributed by atoms with Crippen LogP contribution in [0.25, 0.3) is 0 Å². The van der Waals surface area contributed by atoms with Crippen molar-refractivity contribution in [2.24, 2.45) is 0 Å². The van der Waals surface area contributed by atoms with Gasteiger partial charge in [0, 0.05) is 5.69 Å². The second-order valence-corrected chi connectivity index (χ2v) is 6.15. The fourth-order valence-corrected chi connectivity index (χ4v) is 3.01. The lowest BCUT2D eigenvalue weighted by molar-refractivity contribution is -0.121. The Morgan fingerprint density at radius 2 is 1.87 bits per heavy atom. The van der Waals surface area contributed by atoms with Crippen LogP contribution in [-0.2, 0) is 9.59 Å². The van der Waals surface area contributed by atoms with Gasteiger partial charge in [-0.1, -0.05) is 41.4 Å². The molecular formula is C18H17ClN2O2. The summed E-state index contributed by atoms with van der Waals surface area (Å²) in [4.78, 5) is 26.1. The van der Waals surface area contributed by atoms with Gasteiger partial charge in [0.2, 0.25) is 5.91 Å². The first-order valence-corrected chi connectivity index (χ1v) is 7.80. The summed E-state index contributed by atoms with van der Waals surface area (Å²) < 4.78 is 0. The predicted molar refractivity (Wildman–Crippen MR) is 91.9 cm³/mol. The van der Waals surface area contributed by atoms with Crippen molar-refractivity contribution in [1.82, 2.24) is 0 Å². The third-order valence-electron chi connectivity index (χ3n) is 3.95. The summed E-state index contributed by atoms with van der Waals surface area (Å²) in [5, 5.41) is 3.57. The molecule has 2 aromatic carbocycles. The molecule has 0 unspecified atom stereocenters. The molecule has 1 aliphatic heterocycles. The van der Waals surface area contributed by atoms with E-state index in [2.05, 4.69) is 5.32 Å². The van der Waals surface area contributed by atoms with E-state index >= 15 is 0 Å². The molecule has 23 heavy (non-hydrogen) atoms. The Labute approximate surface area is 140 Å². The van der Waals surface area contributed by atoms with Crippen LogP contribution < -0.4 is 10.2 Å². The van der Waals surface area contributed by atoms with Crippen molar-refractivity contribution in [2.75, 3.05) is 10.2 Å². The molecule has 1 heterocycles. The number of hydrogen-bond donors (Lipinski definition) is 1. The molecule has 2 amide bonds. The topological polar surface area (TPSA) is 49.4 Å². The molecule has 0 radical (unpaired) electrons. The van der Waals surface area contributed by atoms with Crippen molar-refractivity contribution in [1.29, 1.82) is 0 Å². The van der Waals surface area contributed by atoms with E-state index in [1.165, 1.54) is 4.90 Å². The fraction of sp³-hybridized carbons (Fsp3) is 0.222. The molecule has 118 valence electrons. The fourth-order valence-electron chi connectivity index (χ4n) is 2.79. The maximum Gasteiger partial charge on any atom is 0.256 e. The average molecular weight is 329 g/mol. The Hall–Kier alpha value is -2.33. The van der Waals surface area contributed by atoms with Crippen molar-refractivity contribution >= 4 is 34.8 Å². The smallest absolute Gasteiger partial charge is 0.256 e. The second-order valence-electron chi connectivity index (χ2n) is 5.74. The van der Waals surface area contributed by atoms with E-state index in [0.29, 0.717) is 10.7 Å². The normalized spacial score (nSPS) is 17.7. The standard InChI is InChI=1S/C18H17ClN2O2/c1-11-7-8-14(12(2)9-11)20-15-10-17(22)21(18(15)23)16-6-4-3-5-13(16)19/h3-9,15,20H,10H2,1-2H3/t15-/m0/s1. The van der Waals surface area contributed by atoms with Gasteiger partial charge in [0.05, 0.1) is 17.1 Å². The number of amides is 2. The summed E-state index contributed by atoms with van der Waals surface area (Å²) in [6.07, 6.45) is 0.122. The zero-order valence-corrected chi connectivity index (χ0v) is 13.7. The summed E-state index contributed by atoms with van der Waals surface area (Å²) in [5.41, 5.74) is 3.50. The summed E-state index contributed by atoms with van der Waals surface area (Å²) in [6.45, 7) is 3.99. The van der Waals surface area contributed by atoms with E-state index in [1.54, 1.807) is 24.3 Å². The lowest BCUT2D eigenvalue weighted by Crippen LogP contribution is -2.35. The van der Waals surface area contributed by atoms with Crippen LogP contribution in [0.5, 0.6) is 0 Å². The third-order valence-corrected chi connectivity index (χ3v) is 4.27.